The third kappa shape index (κ3) is 26.6. The normalized spacial score (nSPS) is 10.5. The molecule has 12 heteroatoms. The molecule has 5 N–H and O–H groups in total. The zero-order valence-electron chi connectivity index (χ0n) is 15.5. The Morgan fingerprint density at radius 2 is 0.769 bits per heavy atom. The van der Waals surface area contributed by atoms with Gasteiger partial charge in [-0.1, -0.05) is 0 Å². The Labute approximate surface area is 151 Å². The van der Waals surface area contributed by atoms with Gasteiger partial charge in [0, 0.05) is 13.1 Å². The van der Waals surface area contributed by atoms with Crippen LogP contribution >= 0.6 is 0 Å². The lowest BCUT2D eigenvalue weighted by Crippen LogP contribution is -2.43. The van der Waals surface area contributed by atoms with Crippen LogP contribution in [0.15, 0.2) is 0 Å². The summed E-state index contributed by atoms with van der Waals surface area (Å²) in [6.07, 6.45) is 0. The first-order valence-corrected chi connectivity index (χ1v) is 7.31. The van der Waals surface area contributed by atoms with Crippen molar-refractivity contribution in [3.63, 3.8) is 0 Å². The highest BCUT2D eigenvalue weighted by molar-refractivity contribution is 5.73. The Kier molecular flexibility index (Phi) is 15.3. The molecule has 0 unspecified atom stereocenters. The van der Waals surface area contributed by atoms with Gasteiger partial charge in [0.1, 0.15) is 0 Å². The molecule has 0 rings (SSSR count). The summed E-state index contributed by atoms with van der Waals surface area (Å²) < 4.78 is 1.00. The number of carbonyl (C=O) groups is 4. The van der Waals surface area contributed by atoms with Crippen molar-refractivity contribution < 1.29 is 49.6 Å². The number of hydrogen-bond donors (Lipinski definition) is 4. The molecule has 0 aliphatic rings. The SMILES string of the molecule is C[N+](C)(C)C.O=C(O)CN(CCN(CC(=O)O)CC(=O)O)CC(=O)O.[OH-]. The maximum absolute atomic E-state index is 10.6. The van der Waals surface area contributed by atoms with Crippen molar-refractivity contribution in [1.82, 2.24) is 9.80 Å². The van der Waals surface area contributed by atoms with Crippen molar-refractivity contribution in [2.24, 2.45) is 0 Å². The second kappa shape index (κ2) is 13.9. The lowest BCUT2D eigenvalue weighted by Gasteiger charge is -2.23. The van der Waals surface area contributed by atoms with Crippen molar-refractivity contribution in [1.29, 1.82) is 0 Å². The van der Waals surface area contributed by atoms with Gasteiger partial charge in [0.05, 0.1) is 54.4 Å². The summed E-state index contributed by atoms with van der Waals surface area (Å²) in [5.41, 5.74) is 0. The van der Waals surface area contributed by atoms with E-state index in [0.717, 1.165) is 14.3 Å². The zero-order valence-corrected chi connectivity index (χ0v) is 15.5. The second-order valence-corrected chi connectivity index (χ2v) is 6.68. The van der Waals surface area contributed by atoms with Gasteiger partial charge < -0.3 is 30.4 Å². The summed E-state index contributed by atoms with van der Waals surface area (Å²) in [4.78, 5) is 44.4. The zero-order chi connectivity index (χ0) is 20.2. The minimum absolute atomic E-state index is 0. The summed E-state index contributed by atoms with van der Waals surface area (Å²) >= 11 is 0. The van der Waals surface area contributed by atoms with Crippen LogP contribution in [0.4, 0.5) is 0 Å². The first-order chi connectivity index (χ1) is 11.2. The van der Waals surface area contributed by atoms with E-state index in [9.17, 15) is 19.2 Å². The average molecular weight is 383 g/mol. The summed E-state index contributed by atoms with van der Waals surface area (Å²) in [5.74, 6) is -4.91. The number of rotatable bonds is 11. The number of aliphatic carboxylic acids is 4. The van der Waals surface area contributed by atoms with E-state index in [1.54, 1.807) is 0 Å². The molecule has 26 heavy (non-hydrogen) atoms. The first-order valence-electron chi connectivity index (χ1n) is 7.31. The molecule has 12 nitrogen and oxygen atoms in total. The Balaban J connectivity index is -0.000000772. The lowest BCUT2D eigenvalue weighted by molar-refractivity contribution is -0.849. The summed E-state index contributed by atoms with van der Waals surface area (Å²) in [7, 11) is 8.50. The standard InChI is InChI=1S/C10H16N2O8.C4H12N.H2O/c13-7(14)3-11(4-8(15)16)1-2-12(5-9(17)18)6-10(19)20;1-5(2,3)4;/h1-6H2,(H,13,14)(H,15,16)(H,17,18)(H,19,20);1-4H3;1H2/q;+1;/p-1. The van der Waals surface area contributed by atoms with Crippen LogP contribution in [0.3, 0.4) is 0 Å². The average Bonchev–Trinajstić information content (AvgIpc) is 2.30. The van der Waals surface area contributed by atoms with Crippen LogP contribution in [0.2, 0.25) is 0 Å². The van der Waals surface area contributed by atoms with Crippen molar-refractivity contribution in [3.8, 4) is 0 Å². The van der Waals surface area contributed by atoms with Crippen LogP contribution in [0.5, 0.6) is 0 Å². The van der Waals surface area contributed by atoms with E-state index in [4.69, 9.17) is 20.4 Å². The van der Waals surface area contributed by atoms with Crippen LogP contribution in [0.25, 0.3) is 0 Å². The van der Waals surface area contributed by atoms with Crippen molar-refractivity contribution in [2.45, 2.75) is 0 Å². The first kappa shape index (κ1) is 28.5. The van der Waals surface area contributed by atoms with Gasteiger partial charge in [-0.2, -0.15) is 0 Å². The molecule has 0 radical (unpaired) electrons. The summed E-state index contributed by atoms with van der Waals surface area (Å²) in [5, 5.41) is 34.5. The maximum Gasteiger partial charge on any atom is 0.317 e. The fraction of sp³-hybridized carbons (Fsp3) is 0.714. The molecule has 0 atom stereocenters. The predicted molar refractivity (Wildman–Crippen MR) is 89.3 cm³/mol. The summed E-state index contributed by atoms with van der Waals surface area (Å²) in [6, 6.07) is 0. The summed E-state index contributed by atoms with van der Waals surface area (Å²) in [6.45, 7) is -2.25. The molecule has 0 aromatic carbocycles. The van der Waals surface area contributed by atoms with Gasteiger partial charge in [-0.15, -0.1) is 0 Å². The van der Waals surface area contributed by atoms with Gasteiger partial charge in [-0.3, -0.25) is 29.0 Å². The lowest BCUT2D eigenvalue weighted by atomic mass is 10.4. The van der Waals surface area contributed by atoms with Crippen molar-refractivity contribution >= 4 is 23.9 Å². The molecule has 0 saturated carbocycles. The fourth-order valence-corrected chi connectivity index (χ4v) is 1.48. The van der Waals surface area contributed by atoms with E-state index in [2.05, 4.69) is 28.2 Å². The second-order valence-electron chi connectivity index (χ2n) is 6.68. The highest BCUT2D eigenvalue weighted by atomic mass is 16.4. The van der Waals surface area contributed by atoms with Gasteiger partial charge >= 0.3 is 23.9 Å². The maximum atomic E-state index is 10.6. The van der Waals surface area contributed by atoms with E-state index in [1.807, 2.05) is 0 Å². The van der Waals surface area contributed by atoms with E-state index >= 15 is 0 Å². The minimum Gasteiger partial charge on any atom is -0.870 e. The molecule has 0 aromatic rings. The number of carboxylic acids is 4. The number of nitrogens with zero attached hydrogens (tertiary/aromatic N) is 3. The Morgan fingerprint density at radius 3 is 0.885 bits per heavy atom. The van der Waals surface area contributed by atoms with Gasteiger partial charge in [-0.05, 0) is 0 Å². The van der Waals surface area contributed by atoms with Crippen LogP contribution in [-0.4, -0.2) is 132 Å². The molecule has 0 aromatic heterocycles. The molecule has 0 bridgehead atoms. The van der Waals surface area contributed by atoms with Gasteiger partial charge in [0.15, 0.2) is 0 Å². The Morgan fingerprint density at radius 1 is 0.615 bits per heavy atom. The highest BCUT2D eigenvalue weighted by Gasteiger charge is 2.17. The third-order valence-corrected chi connectivity index (χ3v) is 2.17. The van der Waals surface area contributed by atoms with Crippen LogP contribution in [0, 0.1) is 0 Å². The largest absolute Gasteiger partial charge is 0.870 e. The van der Waals surface area contributed by atoms with Gasteiger partial charge in [0.25, 0.3) is 0 Å². The molecule has 0 aliphatic heterocycles. The minimum atomic E-state index is -1.23. The van der Waals surface area contributed by atoms with E-state index in [1.165, 1.54) is 0 Å². The van der Waals surface area contributed by atoms with Crippen molar-refractivity contribution in [2.75, 3.05) is 67.5 Å². The molecule has 0 heterocycles. The fourth-order valence-electron chi connectivity index (χ4n) is 1.48. The third-order valence-electron chi connectivity index (χ3n) is 2.17. The van der Waals surface area contributed by atoms with E-state index in [-0.39, 0.29) is 18.6 Å². The molecule has 0 fully saturated rings. The monoisotopic (exact) mass is 383 g/mol. The topological polar surface area (TPSA) is 186 Å². The number of quaternary nitrogens is 1. The Bertz CT molecular complexity index is 389. The van der Waals surface area contributed by atoms with Gasteiger partial charge in [0.2, 0.25) is 0 Å². The van der Waals surface area contributed by atoms with E-state index in [0.29, 0.717) is 0 Å². The number of carboxylic acid groups (broad SMARTS) is 4. The quantitative estimate of drug-likeness (QED) is 0.291. The highest BCUT2D eigenvalue weighted by Crippen LogP contribution is 1.94. The molecule has 154 valence electrons. The smallest absolute Gasteiger partial charge is 0.317 e. The molecule has 0 spiro atoms. The predicted octanol–water partition coefficient (Wildman–Crippen LogP) is -1.93. The van der Waals surface area contributed by atoms with E-state index < -0.39 is 50.1 Å². The van der Waals surface area contributed by atoms with Crippen molar-refractivity contribution in [3.05, 3.63) is 0 Å². The molecular formula is C14H29N3O9. The Hall–Kier alpha value is -2.28. The number of hydrogen-bond acceptors (Lipinski definition) is 7. The van der Waals surface area contributed by atoms with Crippen LogP contribution in [0.1, 0.15) is 0 Å². The van der Waals surface area contributed by atoms with Crippen LogP contribution < -0.4 is 0 Å². The van der Waals surface area contributed by atoms with Crippen LogP contribution in [-0.2, 0) is 19.2 Å². The molecule has 0 aliphatic carbocycles. The molecule has 0 amide bonds. The molecule has 0 saturated heterocycles. The van der Waals surface area contributed by atoms with Gasteiger partial charge in [-0.25, -0.2) is 0 Å². The molecular weight excluding hydrogens is 354 g/mol.